The van der Waals surface area contributed by atoms with E-state index in [0.717, 1.165) is 16.9 Å². The first kappa shape index (κ1) is 16.4. The fraction of sp³-hybridized carbons (Fsp3) is 0.176. The van der Waals surface area contributed by atoms with Crippen molar-refractivity contribution in [2.45, 2.75) is 13.5 Å². The molecule has 0 N–H and O–H groups in total. The number of nitro groups is 1. The van der Waals surface area contributed by atoms with Gasteiger partial charge in [0.05, 0.1) is 12.0 Å². The van der Waals surface area contributed by atoms with E-state index in [9.17, 15) is 10.1 Å². The number of nitro benzene ring substituents is 1. The fourth-order valence-electron chi connectivity index (χ4n) is 2.20. The van der Waals surface area contributed by atoms with Crippen LogP contribution in [-0.4, -0.2) is 22.2 Å². The van der Waals surface area contributed by atoms with E-state index in [1.54, 1.807) is 50.4 Å². The van der Waals surface area contributed by atoms with Gasteiger partial charge in [-0.1, -0.05) is 11.2 Å². The molecular formula is C17H15N3O5. The minimum Gasteiger partial charge on any atom is -0.497 e. The van der Waals surface area contributed by atoms with Crippen LogP contribution in [0.4, 0.5) is 5.69 Å². The first-order valence-corrected chi connectivity index (χ1v) is 7.41. The van der Waals surface area contributed by atoms with Crippen LogP contribution in [0, 0.1) is 17.0 Å². The lowest BCUT2D eigenvalue weighted by molar-refractivity contribution is -0.386. The maximum Gasteiger partial charge on any atom is 0.311 e. The summed E-state index contributed by atoms with van der Waals surface area (Å²) in [5, 5.41) is 15.0. The molecule has 0 aliphatic heterocycles. The summed E-state index contributed by atoms with van der Waals surface area (Å²) in [7, 11) is 1.59. The Bertz CT molecular complexity index is 890. The Morgan fingerprint density at radius 2 is 1.96 bits per heavy atom. The van der Waals surface area contributed by atoms with Gasteiger partial charge in [-0.3, -0.25) is 10.1 Å². The molecule has 25 heavy (non-hydrogen) atoms. The van der Waals surface area contributed by atoms with Crippen molar-refractivity contribution in [3.63, 3.8) is 0 Å². The van der Waals surface area contributed by atoms with Crippen LogP contribution < -0.4 is 9.47 Å². The number of methoxy groups -OCH3 is 1. The highest BCUT2D eigenvalue weighted by Crippen LogP contribution is 2.28. The van der Waals surface area contributed by atoms with Gasteiger partial charge in [-0.15, -0.1) is 0 Å². The van der Waals surface area contributed by atoms with E-state index in [-0.39, 0.29) is 23.9 Å². The molecule has 0 fully saturated rings. The minimum absolute atomic E-state index is 0.0624. The summed E-state index contributed by atoms with van der Waals surface area (Å²) >= 11 is 0. The summed E-state index contributed by atoms with van der Waals surface area (Å²) in [6.45, 7) is 1.71. The van der Waals surface area contributed by atoms with Crippen LogP contribution in [0.25, 0.3) is 11.4 Å². The molecule has 8 heteroatoms. The van der Waals surface area contributed by atoms with Crippen LogP contribution in [-0.2, 0) is 6.61 Å². The van der Waals surface area contributed by atoms with Crippen LogP contribution >= 0.6 is 0 Å². The van der Waals surface area contributed by atoms with Gasteiger partial charge in [0.25, 0.3) is 5.89 Å². The molecule has 0 aliphatic rings. The molecule has 0 saturated heterocycles. The second kappa shape index (κ2) is 7.00. The zero-order valence-corrected chi connectivity index (χ0v) is 13.6. The quantitative estimate of drug-likeness (QED) is 0.499. The van der Waals surface area contributed by atoms with E-state index >= 15 is 0 Å². The summed E-state index contributed by atoms with van der Waals surface area (Å²) in [5.74, 6) is 1.50. The number of nitrogens with zero attached hydrogens (tertiary/aromatic N) is 3. The zero-order chi connectivity index (χ0) is 17.8. The second-order valence-corrected chi connectivity index (χ2v) is 5.26. The van der Waals surface area contributed by atoms with E-state index in [1.807, 2.05) is 0 Å². The number of benzene rings is 2. The molecule has 2 aromatic carbocycles. The number of ether oxygens (including phenoxy) is 2. The van der Waals surface area contributed by atoms with Crippen LogP contribution in [0.5, 0.6) is 11.5 Å². The molecule has 1 heterocycles. The Labute approximate surface area is 143 Å². The third kappa shape index (κ3) is 3.74. The first-order valence-electron chi connectivity index (χ1n) is 7.41. The molecule has 3 rings (SSSR count). The monoisotopic (exact) mass is 341 g/mol. The molecule has 0 bridgehead atoms. The molecule has 3 aromatic rings. The Morgan fingerprint density at radius 1 is 1.20 bits per heavy atom. The molecular weight excluding hydrogens is 326 g/mol. The van der Waals surface area contributed by atoms with Gasteiger partial charge in [-0.2, -0.15) is 4.98 Å². The summed E-state index contributed by atoms with van der Waals surface area (Å²) in [6.07, 6.45) is 0. The Kier molecular flexibility index (Phi) is 4.60. The molecule has 0 aliphatic carbocycles. The average molecular weight is 341 g/mol. The Hall–Kier alpha value is -3.42. The molecule has 128 valence electrons. The van der Waals surface area contributed by atoms with Crippen LogP contribution in [0.2, 0.25) is 0 Å². The molecule has 1 aromatic heterocycles. The minimum atomic E-state index is -0.487. The molecule has 0 unspecified atom stereocenters. The molecule has 0 saturated carbocycles. The molecule has 0 atom stereocenters. The van der Waals surface area contributed by atoms with Gasteiger partial charge in [0.15, 0.2) is 12.4 Å². The number of rotatable bonds is 6. The third-order valence-corrected chi connectivity index (χ3v) is 3.48. The summed E-state index contributed by atoms with van der Waals surface area (Å²) in [6, 6.07) is 11.9. The average Bonchev–Trinajstić information content (AvgIpc) is 3.09. The Balaban J connectivity index is 1.73. The number of hydrogen-bond donors (Lipinski definition) is 0. The maximum atomic E-state index is 11.1. The Morgan fingerprint density at radius 3 is 2.64 bits per heavy atom. The van der Waals surface area contributed by atoms with E-state index < -0.39 is 4.92 Å². The predicted molar refractivity (Wildman–Crippen MR) is 88.5 cm³/mol. The van der Waals surface area contributed by atoms with E-state index in [2.05, 4.69) is 10.1 Å². The van der Waals surface area contributed by atoms with Crippen molar-refractivity contribution in [3.8, 4) is 22.9 Å². The SMILES string of the molecule is COc1ccc(-c2noc(COc3ccc(C)cc3[N+](=O)[O-])n2)cc1. The third-order valence-electron chi connectivity index (χ3n) is 3.48. The number of hydrogen-bond acceptors (Lipinski definition) is 7. The van der Waals surface area contributed by atoms with Gasteiger partial charge >= 0.3 is 5.69 Å². The highest BCUT2D eigenvalue weighted by atomic mass is 16.6. The second-order valence-electron chi connectivity index (χ2n) is 5.26. The van der Waals surface area contributed by atoms with Gasteiger partial charge in [0.2, 0.25) is 5.82 Å². The van der Waals surface area contributed by atoms with Gasteiger partial charge in [0.1, 0.15) is 5.75 Å². The van der Waals surface area contributed by atoms with Gasteiger partial charge in [-0.25, -0.2) is 0 Å². The van der Waals surface area contributed by atoms with Crippen molar-refractivity contribution in [2.24, 2.45) is 0 Å². The van der Waals surface area contributed by atoms with Gasteiger partial charge in [0, 0.05) is 11.6 Å². The van der Waals surface area contributed by atoms with Crippen LogP contribution in [0.3, 0.4) is 0 Å². The lowest BCUT2D eigenvalue weighted by Crippen LogP contribution is -1.99. The van der Waals surface area contributed by atoms with E-state index in [0.29, 0.717) is 5.82 Å². The number of aryl methyl sites for hydroxylation is 1. The summed E-state index contributed by atoms with van der Waals surface area (Å²) in [5.41, 5.74) is 1.44. The van der Waals surface area contributed by atoms with Crippen molar-refractivity contribution in [1.29, 1.82) is 0 Å². The van der Waals surface area contributed by atoms with Gasteiger partial charge < -0.3 is 14.0 Å². The van der Waals surface area contributed by atoms with Crippen LogP contribution in [0.15, 0.2) is 47.0 Å². The standard InChI is InChI=1S/C17H15N3O5/c1-11-3-8-15(14(9-11)20(21)22)24-10-16-18-17(19-25-16)12-4-6-13(23-2)7-5-12/h3-9H,10H2,1-2H3. The molecule has 0 radical (unpaired) electrons. The maximum absolute atomic E-state index is 11.1. The normalized spacial score (nSPS) is 10.5. The van der Waals surface area contributed by atoms with Crippen molar-refractivity contribution < 1.29 is 18.9 Å². The molecule has 0 spiro atoms. The van der Waals surface area contributed by atoms with Gasteiger partial charge in [-0.05, 0) is 42.8 Å². The predicted octanol–water partition coefficient (Wildman–Crippen LogP) is 3.54. The summed E-state index contributed by atoms with van der Waals surface area (Å²) in [4.78, 5) is 14.8. The van der Waals surface area contributed by atoms with Crippen molar-refractivity contribution >= 4 is 5.69 Å². The lowest BCUT2D eigenvalue weighted by atomic mass is 10.2. The van der Waals surface area contributed by atoms with Crippen molar-refractivity contribution in [1.82, 2.24) is 10.1 Å². The summed E-state index contributed by atoms with van der Waals surface area (Å²) < 4.78 is 15.7. The number of aromatic nitrogens is 2. The molecule has 0 amide bonds. The lowest BCUT2D eigenvalue weighted by Gasteiger charge is -2.04. The van der Waals surface area contributed by atoms with E-state index in [4.69, 9.17) is 14.0 Å². The van der Waals surface area contributed by atoms with Crippen molar-refractivity contribution in [2.75, 3.05) is 7.11 Å². The largest absolute Gasteiger partial charge is 0.497 e. The van der Waals surface area contributed by atoms with Crippen LogP contribution in [0.1, 0.15) is 11.5 Å². The molecule has 8 nitrogen and oxygen atoms in total. The smallest absolute Gasteiger partial charge is 0.311 e. The first-order chi connectivity index (χ1) is 12.1. The fourth-order valence-corrected chi connectivity index (χ4v) is 2.20. The topological polar surface area (TPSA) is 101 Å². The zero-order valence-electron chi connectivity index (χ0n) is 13.6. The van der Waals surface area contributed by atoms with Crippen molar-refractivity contribution in [3.05, 3.63) is 64.0 Å². The van der Waals surface area contributed by atoms with E-state index in [1.165, 1.54) is 6.07 Å². The highest BCUT2D eigenvalue weighted by Gasteiger charge is 2.17. The highest BCUT2D eigenvalue weighted by molar-refractivity contribution is 5.55.